The van der Waals surface area contributed by atoms with Crippen LogP contribution in [-0.2, 0) is 11.3 Å². The molecule has 2 atom stereocenters. The molecule has 0 saturated carbocycles. The highest BCUT2D eigenvalue weighted by molar-refractivity contribution is 5.97. The molecule has 9 heteroatoms. The Morgan fingerprint density at radius 2 is 2.00 bits per heavy atom. The van der Waals surface area contributed by atoms with Crippen molar-refractivity contribution in [2.75, 3.05) is 20.8 Å². The zero-order valence-corrected chi connectivity index (χ0v) is 18.7. The smallest absolute Gasteiger partial charge is 0.260 e. The van der Waals surface area contributed by atoms with Crippen molar-refractivity contribution in [3.63, 3.8) is 0 Å². The van der Waals surface area contributed by atoms with Gasteiger partial charge in [0.25, 0.3) is 5.91 Å². The summed E-state index contributed by atoms with van der Waals surface area (Å²) in [6.45, 7) is 4.77. The van der Waals surface area contributed by atoms with Gasteiger partial charge in [0.05, 0.1) is 33.0 Å². The van der Waals surface area contributed by atoms with E-state index in [9.17, 15) is 4.79 Å². The largest absolute Gasteiger partial charge is 0.481 e. The van der Waals surface area contributed by atoms with Crippen LogP contribution in [0, 0.1) is 13.8 Å². The van der Waals surface area contributed by atoms with E-state index in [1.165, 1.54) is 19.8 Å². The lowest BCUT2D eigenvalue weighted by Crippen LogP contribution is -2.33. The molecule has 2 aromatic heterocycles. The molecule has 0 bridgehead atoms. The minimum absolute atomic E-state index is 0.152. The van der Waals surface area contributed by atoms with Crippen LogP contribution >= 0.6 is 0 Å². The van der Waals surface area contributed by atoms with Gasteiger partial charge in [-0.1, -0.05) is 29.8 Å². The number of methoxy groups -OCH3 is 2. The van der Waals surface area contributed by atoms with Gasteiger partial charge in [-0.3, -0.25) is 9.89 Å². The zero-order valence-electron chi connectivity index (χ0n) is 18.7. The number of rotatable bonds is 7. The fourth-order valence-corrected chi connectivity index (χ4v) is 3.92. The molecule has 1 aliphatic rings. The first kappa shape index (κ1) is 21.8. The highest BCUT2D eigenvalue weighted by Crippen LogP contribution is 2.35. The number of likely N-dealkylation sites (tertiary alicyclic amines) is 1. The first-order valence-corrected chi connectivity index (χ1v) is 10.4. The summed E-state index contributed by atoms with van der Waals surface area (Å²) in [5, 5.41) is 7.17. The maximum Gasteiger partial charge on any atom is 0.260 e. The number of hydrogen-bond donors (Lipinski definition) is 1. The number of nitrogens with zero attached hydrogens (tertiary/aromatic N) is 4. The van der Waals surface area contributed by atoms with E-state index in [4.69, 9.17) is 14.2 Å². The molecule has 0 aliphatic carbocycles. The van der Waals surface area contributed by atoms with Gasteiger partial charge in [0, 0.05) is 19.0 Å². The van der Waals surface area contributed by atoms with Gasteiger partial charge in [-0.05, 0) is 25.5 Å². The van der Waals surface area contributed by atoms with Crippen molar-refractivity contribution >= 4 is 5.91 Å². The van der Waals surface area contributed by atoms with E-state index >= 15 is 0 Å². The topological polar surface area (TPSA) is 102 Å². The average Bonchev–Trinajstić information content (AvgIpc) is 3.43. The summed E-state index contributed by atoms with van der Waals surface area (Å²) in [4.78, 5) is 24.0. The van der Waals surface area contributed by atoms with Crippen LogP contribution in [0.25, 0.3) is 0 Å². The highest BCUT2D eigenvalue weighted by Gasteiger charge is 2.40. The minimum Gasteiger partial charge on any atom is -0.481 e. The fraction of sp³-hybridized carbons (Fsp3) is 0.391. The molecule has 32 heavy (non-hydrogen) atoms. The van der Waals surface area contributed by atoms with Gasteiger partial charge in [-0.15, -0.1) is 0 Å². The third kappa shape index (κ3) is 4.57. The van der Waals surface area contributed by atoms with E-state index in [1.54, 1.807) is 17.0 Å². The molecule has 3 heterocycles. The Labute approximate surface area is 186 Å². The third-order valence-corrected chi connectivity index (χ3v) is 5.47. The normalized spacial score (nSPS) is 18.1. The van der Waals surface area contributed by atoms with E-state index in [0.717, 1.165) is 5.56 Å². The molecule has 1 N–H and O–H groups in total. The number of H-pyrrole nitrogens is 1. The number of amides is 1. The van der Waals surface area contributed by atoms with Crippen LogP contribution in [0.5, 0.6) is 11.8 Å². The second kappa shape index (κ2) is 9.35. The SMILES string of the molecule is COc1ccc(C(=O)N2C[C@@H](OCc3cccc(C)c3)C[C@H]2c2n[nH]c(C)n2)c(OC)n1. The summed E-state index contributed by atoms with van der Waals surface area (Å²) in [6.07, 6.45) is 0.446. The molecular formula is C23H27N5O4. The molecule has 0 unspecified atom stereocenters. The van der Waals surface area contributed by atoms with Crippen molar-refractivity contribution < 1.29 is 19.0 Å². The number of hydrogen-bond acceptors (Lipinski definition) is 7. The number of aromatic nitrogens is 4. The molecule has 3 aromatic rings. The molecule has 1 aromatic carbocycles. The van der Waals surface area contributed by atoms with Crippen molar-refractivity contribution in [1.82, 2.24) is 25.1 Å². The van der Waals surface area contributed by atoms with Gasteiger partial charge in [-0.25, -0.2) is 4.98 Å². The fourth-order valence-electron chi connectivity index (χ4n) is 3.92. The summed E-state index contributed by atoms with van der Waals surface area (Å²) in [5.74, 6) is 1.63. The first-order chi connectivity index (χ1) is 15.5. The molecular weight excluding hydrogens is 410 g/mol. The van der Waals surface area contributed by atoms with Gasteiger partial charge in [-0.2, -0.15) is 10.1 Å². The van der Waals surface area contributed by atoms with Crippen LogP contribution in [0.4, 0.5) is 0 Å². The van der Waals surface area contributed by atoms with E-state index in [0.29, 0.717) is 42.7 Å². The van der Waals surface area contributed by atoms with Gasteiger partial charge >= 0.3 is 0 Å². The van der Waals surface area contributed by atoms with Crippen molar-refractivity contribution in [1.29, 1.82) is 0 Å². The maximum atomic E-state index is 13.5. The number of carbonyl (C=O) groups excluding carboxylic acids is 1. The average molecular weight is 438 g/mol. The molecule has 1 aliphatic heterocycles. The molecule has 0 spiro atoms. The van der Waals surface area contributed by atoms with Gasteiger partial charge in [0.15, 0.2) is 5.82 Å². The number of benzene rings is 1. The number of nitrogens with one attached hydrogen (secondary N) is 1. The molecule has 9 nitrogen and oxygen atoms in total. The quantitative estimate of drug-likeness (QED) is 0.606. The highest BCUT2D eigenvalue weighted by atomic mass is 16.5. The maximum absolute atomic E-state index is 13.5. The van der Waals surface area contributed by atoms with Crippen LogP contribution in [0.15, 0.2) is 36.4 Å². The number of carbonyl (C=O) groups is 1. The molecule has 0 radical (unpaired) electrons. The Morgan fingerprint density at radius 1 is 1.16 bits per heavy atom. The Hall–Kier alpha value is -3.46. The number of aryl methyl sites for hydroxylation is 2. The lowest BCUT2D eigenvalue weighted by molar-refractivity contribution is 0.0436. The van der Waals surface area contributed by atoms with E-state index in [-0.39, 0.29) is 23.9 Å². The van der Waals surface area contributed by atoms with E-state index in [1.807, 2.05) is 19.1 Å². The summed E-state index contributed by atoms with van der Waals surface area (Å²) in [5.41, 5.74) is 2.63. The van der Waals surface area contributed by atoms with Crippen molar-refractivity contribution in [2.24, 2.45) is 0 Å². The predicted molar refractivity (Wildman–Crippen MR) is 117 cm³/mol. The third-order valence-electron chi connectivity index (χ3n) is 5.47. The van der Waals surface area contributed by atoms with Crippen LogP contribution in [0.1, 0.15) is 45.6 Å². The molecule has 168 valence electrons. The second-order valence-electron chi connectivity index (χ2n) is 7.82. The van der Waals surface area contributed by atoms with Crippen molar-refractivity contribution in [3.05, 3.63) is 64.7 Å². The Bertz CT molecular complexity index is 1100. The molecule has 1 fully saturated rings. The number of pyridine rings is 1. The van der Waals surface area contributed by atoms with E-state index in [2.05, 4.69) is 39.2 Å². The molecule has 1 amide bonds. The lowest BCUT2D eigenvalue weighted by atomic mass is 10.1. The number of ether oxygens (including phenoxy) is 3. The van der Waals surface area contributed by atoms with Crippen LogP contribution in [0.2, 0.25) is 0 Å². The van der Waals surface area contributed by atoms with Gasteiger partial charge in [0.2, 0.25) is 11.8 Å². The van der Waals surface area contributed by atoms with Gasteiger partial charge in [0.1, 0.15) is 11.4 Å². The van der Waals surface area contributed by atoms with Crippen molar-refractivity contribution in [3.8, 4) is 11.8 Å². The second-order valence-corrected chi connectivity index (χ2v) is 7.82. The molecule has 4 rings (SSSR count). The Kier molecular flexibility index (Phi) is 6.36. The summed E-state index contributed by atoms with van der Waals surface area (Å²) < 4.78 is 16.7. The zero-order chi connectivity index (χ0) is 22.7. The summed E-state index contributed by atoms with van der Waals surface area (Å²) in [7, 11) is 2.99. The predicted octanol–water partition coefficient (Wildman–Crippen LogP) is 3.01. The van der Waals surface area contributed by atoms with Crippen LogP contribution in [-0.4, -0.2) is 57.8 Å². The standard InChI is InChI=1S/C23H27N5O4/c1-14-6-5-7-16(10-14)13-32-17-11-19(21-24-15(2)26-27-21)28(12-17)23(29)18-8-9-20(30-3)25-22(18)31-4/h5-10,17,19H,11-13H2,1-4H3,(H,24,26,27)/t17-,19-/m0/s1. The minimum atomic E-state index is -0.318. The van der Waals surface area contributed by atoms with Gasteiger partial charge < -0.3 is 19.1 Å². The van der Waals surface area contributed by atoms with Crippen LogP contribution in [0.3, 0.4) is 0 Å². The Morgan fingerprint density at radius 3 is 2.69 bits per heavy atom. The Balaban J connectivity index is 1.57. The first-order valence-electron chi connectivity index (χ1n) is 10.4. The van der Waals surface area contributed by atoms with Crippen LogP contribution < -0.4 is 9.47 Å². The summed E-state index contributed by atoms with van der Waals surface area (Å²) >= 11 is 0. The molecule has 1 saturated heterocycles. The monoisotopic (exact) mass is 437 g/mol. The number of aromatic amines is 1. The lowest BCUT2D eigenvalue weighted by Gasteiger charge is -2.23. The van der Waals surface area contributed by atoms with E-state index < -0.39 is 0 Å². The summed E-state index contributed by atoms with van der Waals surface area (Å²) in [6, 6.07) is 11.2. The van der Waals surface area contributed by atoms with Crippen molar-refractivity contribution in [2.45, 2.75) is 39.0 Å².